The minimum atomic E-state index is -0.147. The fourth-order valence-corrected chi connectivity index (χ4v) is 3.23. The van der Waals surface area contributed by atoms with E-state index in [1.54, 1.807) is 6.92 Å². The lowest BCUT2D eigenvalue weighted by atomic mass is 10.2. The van der Waals surface area contributed by atoms with Crippen molar-refractivity contribution in [2.45, 2.75) is 32.3 Å². The number of nitrogens with one attached hydrogen (secondary N) is 1. The van der Waals surface area contributed by atoms with Gasteiger partial charge in [-0.15, -0.1) is 5.10 Å². The smallest absolute Gasteiger partial charge is 0.275 e. The summed E-state index contributed by atoms with van der Waals surface area (Å²) in [5, 5.41) is 8.13. The van der Waals surface area contributed by atoms with Gasteiger partial charge in [0.15, 0.2) is 0 Å². The summed E-state index contributed by atoms with van der Waals surface area (Å²) < 4.78 is 12.4. The Kier molecular flexibility index (Phi) is 5.01. The second-order valence-corrected chi connectivity index (χ2v) is 6.28. The summed E-state index contributed by atoms with van der Waals surface area (Å²) >= 11 is 1.38. The highest BCUT2D eigenvalue weighted by Crippen LogP contribution is 2.16. The van der Waals surface area contributed by atoms with E-state index in [1.165, 1.54) is 21.9 Å². The first-order chi connectivity index (χ1) is 10.7. The molecule has 0 saturated carbocycles. The van der Waals surface area contributed by atoms with Gasteiger partial charge in [0.25, 0.3) is 5.56 Å². The number of anilines is 1. The Bertz CT molecular complexity index is 678. The molecule has 0 amide bonds. The lowest BCUT2D eigenvalue weighted by Gasteiger charge is -2.09. The first-order valence-corrected chi connectivity index (χ1v) is 8.35. The minimum Gasteiger partial charge on any atom is -0.379 e. The molecular weight excluding hydrogens is 304 g/mol. The van der Waals surface area contributed by atoms with Crippen LogP contribution in [0.2, 0.25) is 0 Å². The molecule has 8 heteroatoms. The molecule has 2 aromatic rings. The zero-order valence-electron chi connectivity index (χ0n) is 12.6. The van der Waals surface area contributed by atoms with E-state index in [4.69, 9.17) is 9.47 Å². The number of ether oxygens (including phenoxy) is 2. The zero-order valence-corrected chi connectivity index (χ0v) is 13.4. The summed E-state index contributed by atoms with van der Waals surface area (Å²) in [6.07, 6.45) is 3.40. The van der Waals surface area contributed by atoms with Crippen molar-refractivity contribution >= 4 is 21.4 Å². The molecule has 1 aliphatic heterocycles. The molecule has 7 nitrogen and oxygen atoms in total. The molecule has 0 bridgehead atoms. The molecule has 1 unspecified atom stereocenters. The zero-order chi connectivity index (χ0) is 15.4. The quantitative estimate of drug-likeness (QED) is 0.777. The van der Waals surface area contributed by atoms with Gasteiger partial charge in [-0.1, -0.05) is 11.3 Å². The maximum Gasteiger partial charge on any atom is 0.275 e. The van der Waals surface area contributed by atoms with Crippen molar-refractivity contribution in [3.63, 3.8) is 0 Å². The lowest BCUT2D eigenvalue weighted by molar-refractivity contribution is 0.0172. The van der Waals surface area contributed by atoms with Crippen molar-refractivity contribution in [1.29, 1.82) is 0 Å². The van der Waals surface area contributed by atoms with Gasteiger partial charge in [0.05, 0.1) is 12.7 Å². The standard InChI is InChI=1S/C14H20N4O3S/c1-10-8-12(19)18-14(16-10)22-13(17-18)15-5-3-6-20-9-11-4-2-7-21-11/h8,11H,2-7,9H2,1H3,(H,15,17). The van der Waals surface area contributed by atoms with E-state index in [-0.39, 0.29) is 11.7 Å². The largest absolute Gasteiger partial charge is 0.379 e. The number of aromatic nitrogens is 3. The summed E-state index contributed by atoms with van der Waals surface area (Å²) in [4.78, 5) is 16.7. The number of aryl methyl sites for hydroxylation is 1. The predicted molar refractivity (Wildman–Crippen MR) is 84.8 cm³/mol. The Morgan fingerprint density at radius 2 is 2.50 bits per heavy atom. The van der Waals surface area contributed by atoms with E-state index < -0.39 is 0 Å². The molecular formula is C14H20N4O3S. The maximum absolute atomic E-state index is 11.8. The van der Waals surface area contributed by atoms with E-state index in [2.05, 4.69) is 15.4 Å². The number of rotatable bonds is 7. The van der Waals surface area contributed by atoms with Crippen molar-refractivity contribution in [1.82, 2.24) is 14.6 Å². The molecule has 0 aliphatic carbocycles. The normalized spacial score (nSPS) is 18.1. The fraction of sp³-hybridized carbons (Fsp3) is 0.643. The van der Waals surface area contributed by atoms with Crippen LogP contribution in [0.4, 0.5) is 5.13 Å². The number of hydrogen-bond acceptors (Lipinski definition) is 7. The lowest BCUT2D eigenvalue weighted by Crippen LogP contribution is -2.16. The van der Waals surface area contributed by atoms with E-state index >= 15 is 0 Å². The van der Waals surface area contributed by atoms with Gasteiger partial charge in [0, 0.05) is 31.5 Å². The molecule has 120 valence electrons. The average Bonchev–Trinajstić information content (AvgIpc) is 3.11. The Balaban J connectivity index is 1.42. The SMILES string of the molecule is Cc1cc(=O)n2nc(NCCCOCC3CCCO3)sc2n1. The number of nitrogens with zero attached hydrogens (tertiary/aromatic N) is 3. The van der Waals surface area contributed by atoms with E-state index in [9.17, 15) is 4.79 Å². The molecule has 1 atom stereocenters. The van der Waals surface area contributed by atoms with Crippen LogP contribution < -0.4 is 10.9 Å². The Morgan fingerprint density at radius 1 is 1.59 bits per heavy atom. The summed E-state index contributed by atoms with van der Waals surface area (Å²) in [6.45, 7) is 4.79. The van der Waals surface area contributed by atoms with Crippen LogP contribution in [0.1, 0.15) is 25.0 Å². The minimum absolute atomic E-state index is 0.147. The van der Waals surface area contributed by atoms with Crippen LogP contribution in [-0.2, 0) is 9.47 Å². The van der Waals surface area contributed by atoms with Crippen molar-refractivity contribution in [2.75, 3.05) is 31.7 Å². The second-order valence-electron chi connectivity index (χ2n) is 5.33. The van der Waals surface area contributed by atoms with Gasteiger partial charge < -0.3 is 14.8 Å². The van der Waals surface area contributed by atoms with Crippen LogP contribution in [0.15, 0.2) is 10.9 Å². The molecule has 1 N–H and O–H groups in total. The van der Waals surface area contributed by atoms with Crippen molar-refractivity contribution in [2.24, 2.45) is 0 Å². The number of fused-ring (bicyclic) bond motifs is 1. The monoisotopic (exact) mass is 324 g/mol. The van der Waals surface area contributed by atoms with Crippen molar-refractivity contribution in [3.05, 3.63) is 22.1 Å². The Hall–Kier alpha value is -1.51. The molecule has 3 heterocycles. The molecule has 1 saturated heterocycles. The van der Waals surface area contributed by atoms with E-state index in [1.807, 2.05) is 0 Å². The van der Waals surface area contributed by atoms with Gasteiger partial charge in [-0.2, -0.15) is 4.52 Å². The molecule has 0 aromatic carbocycles. The third-order valence-corrected chi connectivity index (χ3v) is 4.31. The molecule has 0 radical (unpaired) electrons. The molecule has 1 fully saturated rings. The van der Waals surface area contributed by atoms with Crippen LogP contribution in [-0.4, -0.2) is 47.1 Å². The Labute approximate surface area is 132 Å². The highest BCUT2D eigenvalue weighted by Gasteiger charge is 2.14. The second kappa shape index (κ2) is 7.17. The van der Waals surface area contributed by atoms with Crippen LogP contribution in [0.3, 0.4) is 0 Å². The van der Waals surface area contributed by atoms with Crippen LogP contribution in [0, 0.1) is 6.92 Å². The van der Waals surface area contributed by atoms with Crippen molar-refractivity contribution in [3.8, 4) is 0 Å². The van der Waals surface area contributed by atoms with E-state index in [0.717, 1.165) is 32.4 Å². The third kappa shape index (κ3) is 3.82. The fourth-order valence-electron chi connectivity index (χ4n) is 2.35. The highest BCUT2D eigenvalue weighted by atomic mass is 32.1. The van der Waals surface area contributed by atoms with Gasteiger partial charge in [-0.25, -0.2) is 4.98 Å². The van der Waals surface area contributed by atoms with Crippen LogP contribution in [0.25, 0.3) is 4.96 Å². The van der Waals surface area contributed by atoms with Gasteiger partial charge in [0.1, 0.15) is 0 Å². The molecule has 1 aliphatic rings. The van der Waals surface area contributed by atoms with Crippen LogP contribution in [0.5, 0.6) is 0 Å². The summed E-state index contributed by atoms with van der Waals surface area (Å²) in [7, 11) is 0. The van der Waals surface area contributed by atoms with Gasteiger partial charge in [0.2, 0.25) is 10.1 Å². The topological polar surface area (TPSA) is 77.8 Å². The summed E-state index contributed by atoms with van der Waals surface area (Å²) in [5.41, 5.74) is 0.564. The van der Waals surface area contributed by atoms with Gasteiger partial charge in [-0.05, 0) is 26.2 Å². The third-order valence-electron chi connectivity index (χ3n) is 3.44. The summed E-state index contributed by atoms with van der Waals surface area (Å²) in [6, 6.07) is 1.48. The van der Waals surface area contributed by atoms with Gasteiger partial charge >= 0.3 is 0 Å². The molecule has 2 aromatic heterocycles. The van der Waals surface area contributed by atoms with E-state index in [0.29, 0.717) is 29.0 Å². The van der Waals surface area contributed by atoms with Crippen molar-refractivity contribution < 1.29 is 9.47 Å². The Morgan fingerprint density at radius 3 is 3.32 bits per heavy atom. The molecule has 0 spiro atoms. The molecule has 22 heavy (non-hydrogen) atoms. The van der Waals surface area contributed by atoms with Crippen LogP contribution >= 0.6 is 11.3 Å². The van der Waals surface area contributed by atoms with Gasteiger partial charge in [-0.3, -0.25) is 4.79 Å². The highest BCUT2D eigenvalue weighted by molar-refractivity contribution is 7.20. The first-order valence-electron chi connectivity index (χ1n) is 7.53. The summed E-state index contributed by atoms with van der Waals surface area (Å²) in [5.74, 6) is 0. The predicted octanol–water partition coefficient (Wildman–Crippen LogP) is 1.46. The maximum atomic E-state index is 11.8. The molecule has 3 rings (SSSR count). The number of hydrogen-bond donors (Lipinski definition) is 1. The first kappa shape index (κ1) is 15.4. The average molecular weight is 324 g/mol.